The zero-order chi connectivity index (χ0) is 9.26. The van der Waals surface area contributed by atoms with Crippen molar-refractivity contribution >= 4 is 5.69 Å². The van der Waals surface area contributed by atoms with Gasteiger partial charge in [-0.3, -0.25) is 4.68 Å². The first-order chi connectivity index (χ1) is 6.25. The van der Waals surface area contributed by atoms with Crippen LogP contribution in [0.5, 0.6) is 0 Å². The molecule has 72 valence electrons. The van der Waals surface area contributed by atoms with Gasteiger partial charge >= 0.3 is 0 Å². The molecule has 0 saturated heterocycles. The molecule has 0 unspecified atom stereocenters. The van der Waals surface area contributed by atoms with Crippen LogP contribution in [0.1, 0.15) is 31.4 Å². The molecule has 0 radical (unpaired) electrons. The number of hydrogen-bond donors (Lipinski definition) is 1. The zero-order valence-electron chi connectivity index (χ0n) is 8.16. The first kappa shape index (κ1) is 8.60. The van der Waals surface area contributed by atoms with Crippen molar-refractivity contribution in [1.29, 1.82) is 0 Å². The Kier molecular flexibility index (Phi) is 2.25. The molecule has 0 atom stereocenters. The van der Waals surface area contributed by atoms with E-state index < -0.39 is 0 Å². The number of nitrogens with two attached hydrogens (primary N) is 1. The van der Waals surface area contributed by atoms with Crippen LogP contribution in [0.15, 0.2) is 6.20 Å². The maximum absolute atomic E-state index is 5.71. The maximum Gasteiger partial charge on any atom is 0.0822 e. The average Bonchev–Trinajstić information content (AvgIpc) is 2.28. The molecule has 1 fully saturated rings. The predicted molar refractivity (Wildman–Crippen MR) is 53.3 cm³/mol. The van der Waals surface area contributed by atoms with E-state index in [4.69, 9.17) is 5.73 Å². The van der Waals surface area contributed by atoms with E-state index in [-0.39, 0.29) is 0 Å². The van der Waals surface area contributed by atoms with E-state index in [2.05, 4.69) is 5.10 Å². The minimum Gasteiger partial charge on any atom is -0.396 e. The molecule has 13 heavy (non-hydrogen) atoms. The van der Waals surface area contributed by atoms with Gasteiger partial charge in [0.25, 0.3) is 0 Å². The van der Waals surface area contributed by atoms with Crippen LogP contribution >= 0.6 is 0 Å². The first-order valence-electron chi connectivity index (χ1n) is 5.05. The summed E-state index contributed by atoms with van der Waals surface area (Å²) in [7, 11) is 0. The molecule has 1 aliphatic carbocycles. The lowest BCUT2D eigenvalue weighted by Gasteiger charge is -2.24. The van der Waals surface area contributed by atoms with Gasteiger partial charge in [-0.2, -0.15) is 5.10 Å². The molecule has 1 aromatic heterocycles. The Morgan fingerprint density at radius 1 is 1.62 bits per heavy atom. The highest BCUT2D eigenvalue weighted by molar-refractivity contribution is 5.39. The van der Waals surface area contributed by atoms with Crippen LogP contribution in [0, 0.1) is 12.8 Å². The zero-order valence-corrected chi connectivity index (χ0v) is 8.16. The van der Waals surface area contributed by atoms with Crippen LogP contribution in [-0.4, -0.2) is 9.78 Å². The predicted octanol–water partition coefficient (Wildman–Crippen LogP) is 1.96. The van der Waals surface area contributed by atoms with Crippen LogP contribution in [0.2, 0.25) is 0 Å². The van der Waals surface area contributed by atoms with E-state index in [1.807, 2.05) is 17.8 Å². The van der Waals surface area contributed by atoms with Crippen molar-refractivity contribution in [3.63, 3.8) is 0 Å². The van der Waals surface area contributed by atoms with Crippen molar-refractivity contribution in [2.75, 3.05) is 5.73 Å². The topological polar surface area (TPSA) is 43.8 Å². The minimum absolute atomic E-state index is 0.814. The highest BCUT2D eigenvalue weighted by Gasteiger charge is 2.16. The molecule has 1 aliphatic rings. The summed E-state index contributed by atoms with van der Waals surface area (Å²) in [4.78, 5) is 0. The highest BCUT2D eigenvalue weighted by Crippen LogP contribution is 2.29. The third kappa shape index (κ3) is 1.85. The number of hydrogen-bond acceptors (Lipinski definition) is 2. The lowest BCUT2D eigenvalue weighted by Crippen LogP contribution is -2.14. The Morgan fingerprint density at radius 3 is 2.85 bits per heavy atom. The van der Waals surface area contributed by atoms with Gasteiger partial charge in [0.05, 0.1) is 11.4 Å². The monoisotopic (exact) mass is 179 g/mol. The third-order valence-corrected chi connectivity index (χ3v) is 2.98. The van der Waals surface area contributed by atoms with Gasteiger partial charge in [0.15, 0.2) is 0 Å². The van der Waals surface area contributed by atoms with Crippen molar-refractivity contribution < 1.29 is 0 Å². The summed E-state index contributed by atoms with van der Waals surface area (Å²) in [5.74, 6) is 0.950. The molecule has 3 nitrogen and oxygen atoms in total. The Morgan fingerprint density at radius 2 is 2.38 bits per heavy atom. The second-order valence-electron chi connectivity index (χ2n) is 4.02. The molecule has 0 bridgehead atoms. The van der Waals surface area contributed by atoms with Gasteiger partial charge in [-0.25, -0.2) is 0 Å². The van der Waals surface area contributed by atoms with Crippen molar-refractivity contribution in [2.24, 2.45) is 5.92 Å². The quantitative estimate of drug-likeness (QED) is 0.770. The second-order valence-corrected chi connectivity index (χ2v) is 4.02. The average molecular weight is 179 g/mol. The summed E-state index contributed by atoms with van der Waals surface area (Å²) in [6.45, 7) is 2.98. The fourth-order valence-electron chi connectivity index (χ4n) is 1.74. The van der Waals surface area contributed by atoms with Crippen molar-refractivity contribution in [3.8, 4) is 0 Å². The molecule has 2 N–H and O–H groups in total. The van der Waals surface area contributed by atoms with Gasteiger partial charge in [-0.1, -0.05) is 19.3 Å². The summed E-state index contributed by atoms with van der Waals surface area (Å²) in [6.07, 6.45) is 7.45. The number of aryl methyl sites for hydroxylation is 2. The molecule has 2 rings (SSSR count). The van der Waals surface area contributed by atoms with Crippen LogP contribution < -0.4 is 5.73 Å². The number of anilines is 1. The Bertz CT molecular complexity index is 267. The summed E-state index contributed by atoms with van der Waals surface area (Å²) in [6, 6.07) is 0. The van der Waals surface area contributed by atoms with Crippen LogP contribution in [0.25, 0.3) is 0 Å². The molecule has 0 spiro atoms. The van der Waals surface area contributed by atoms with E-state index in [1.54, 1.807) is 0 Å². The Balaban J connectivity index is 1.86. The molecule has 3 heteroatoms. The minimum atomic E-state index is 0.814. The fourth-order valence-corrected chi connectivity index (χ4v) is 1.74. The third-order valence-electron chi connectivity index (χ3n) is 2.98. The van der Waals surface area contributed by atoms with Gasteiger partial charge in [0.2, 0.25) is 0 Å². The molecule has 0 amide bonds. The van der Waals surface area contributed by atoms with Crippen LogP contribution in [-0.2, 0) is 6.54 Å². The number of nitrogens with zero attached hydrogens (tertiary/aromatic N) is 2. The second kappa shape index (κ2) is 3.40. The summed E-state index contributed by atoms with van der Waals surface area (Å²) < 4.78 is 1.98. The number of aromatic nitrogens is 2. The van der Waals surface area contributed by atoms with Crippen molar-refractivity contribution in [2.45, 2.75) is 39.2 Å². The number of rotatable bonds is 3. The van der Waals surface area contributed by atoms with E-state index in [9.17, 15) is 0 Å². The van der Waals surface area contributed by atoms with E-state index >= 15 is 0 Å². The van der Waals surface area contributed by atoms with E-state index in [1.165, 1.54) is 25.7 Å². The Hall–Kier alpha value is -0.990. The maximum atomic E-state index is 5.71. The van der Waals surface area contributed by atoms with Crippen molar-refractivity contribution in [3.05, 3.63) is 11.9 Å². The molecule has 1 aromatic rings. The molecule has 1 heterocycles. The lowest BCUT2D eigenvalue weighted by atomic mass is 9.83. The normalized spacial score (nSPS) is 17.3. The summed E-state index contributed by atoms with van der Waals surface area (Å²) in [5.41, 5.74) is 7.48. The smallest absolute Gasteiger partial charge is 0.0822 e. The SMILES string of the molecule is Cc1nn(CCC2CCC2)cc1N. The van der Waals surface area contributed by atoms with Crippen molar-refractivity contribution in [1.82, 2.24) is 9.78 Å². The van der Waals surface area contributed by atoms with Gasteiger partial charge in [0.1, 0.15) is 0 Å². The molecular formula is C10H17N3. The van der Waals surface area contributed by atoms with Crippen LogP contribution in [0.4, 0.5) is 5.69 Å². The van der Waals surface area contributed by atoms with Gasteiger partial charge in [0, 0.05) is 12.7 Å². The largest absolute Gasteiger partial charge is 0.396 e. The number of nitrogen functional groups attached to an aromatic ring is 1. The molecule has 0 aromatic carbocycles. The molecular weight excluding hydrogens is 162 g/mol. The fraction of sp³-hybridized carbons (Fsp3) is 0.700. The highest BCUT2D eigenvalue weighted by atomic mass is 15.3. The standard InChI is InChI=1S/C10H17N3/c1-8-10(11)7-13(12-8)6-5-9-3-2-4-9/h7,9H,2-6,11H2,1H3. The Labute approximate surface area is 78.9 Å². The van der Waals surface area contributed by atoms with Gasteiger partial charge < -0.3 is 5.73 Å². The summed E-state index contributed by atoms with van der Waals surface area (Å²) in [5, 5.41) is 4.33. The first-order valence-corrected chi connectivity index (χ1v) is 5.05. The lowest BCUT2D eigenvalue weighted by molar-refractivity contribution is 0.278. The summed E-state index contributed by atoms with van der Waals surface area (Å²) >= 11 is 0. The van der Waals surface area contributed by atoms with Gasteiger partial charge in [-0.15, -0.1) is 0 Å². The molecule has 1 saturated carbocycles. The molecule has 0 aliphatic heterocycles. The van der Waals surface area contributed by atoms with Gasteiger partial charge in [-0.05, 0) is 19.3 Å². The van der Waals surface area contributed by atoms with Crippen LogP contribution in [0.3, 0.4) is 0 Å². The van der Waals surface area contributed by atoms with E-state index in [0.717, 1.165) is 23.8 Å². The van der Waals surface area contributed by atoms with E-state index in [0.29, 0.717) is 0 Å².